The quantitative estimate of drug-likeness (QED) is 0.918. The van der Waals surface area contributed by atoms with E-state index in [9.17, 15) is 13.2 Å². The second-order valence-corrected chi connectivity index (χ2v) is 6.51. The molecule has 4 nitrogen and oxygen atoms in total. The Morgan fingerprint density at radius 2 is 2.00 bits per heavy atom. The summed E-state index contributed by atoms with van der Waals surface area (Å²) in [6.45, 7) is 3.55. The van der Waals surface area contributed by atoms with Crippen LogP contribution in [0.15, 0.2) is 12.4 Å². The Hall–Kier alpha value is -1.08. The smallest absolute Gasteiger partial charge is 0.369 e. The van der Waals surface area contributed by atoms with Crippen LogP contribution in [0.25, 0.3) is 0 Å². The minimum absolute atomic E-state index is 0.106. The van der Waals surface area contributed by atoms with E-state index in [0.717, 1.165) is 18.8 Å². The van der Waals surface area contributed by atoms with Gasteiger partial charge < -0.3 is 14.6 Å². The van der Waals surface area contributed by atoms with Gasteiger partial charge in [-0.3, -0.25) is 0 Å². The topological polar surface area (TPSA) is 39.1 Å². The Morgan fingerprint density at radius 3 is 2.65 bits per heavy atom. The van der Waals surface area contributed by atoms with E-state index in [1.807, 2.05) is 6.20 Å². The number of rotatable bonds is 4. The highest BCUT2D eigenvalue weighted by Crippen LogP contribution is 2.38. The molecule has 0 spiro atoms. The summed E-state index contributed by atoms with van der Waals surface area (Å²) in [4.78, 5) is 4.41. The highest BCUT2D eigenvalue weighted by atomic mass is 19.4. The van der Waals surface area contributed by atoms with Crippen molar-refractivity contribution in [1.82, 2.24) is 14.9 Å². The molecule has 1 aromatic rings. The van der Waals surface area contributed by atoms with Gasteiger partial charge in [0.15, 0.2) is 0 Å². The Bertz CT molecular complexity index is 509. The first-order valence-corrected chi connectivity index (χ1v) is 8.44. The number of imidazole rings is 1. The van der Waals surface area contributed by atoms with Crippen LogP contribution in [0.2, 0.25) is 0 Å². The summed E-state index contributed by atoms with van der Waals surface area (Å²) in [5, 5.41) is 3.53. The molecule has 1 aliphatic heterocycles. The van der Waals surface area contributed by atoms with Crippen molar-refractivity contribution in [2.45, 2.75) is 69.9 Å². The van der Waals surface area contributed by atoms with Crippen LogP contribution >= 0.6 is 0 Å². The van der Waals surface area contributed by atoms with Gasteiger partial charge in [-0.2, -0.15) is 13.2 Å². The molecular formula is C16H24F3N3O. The third kappa shape index (κ3) is 3.71. The summed E-state index contributed by atoms with van der Waals surface area (Å²) in [6, 6.07) is 0.281. The van der Waals surface area contributed by atoms with Crippen molar-refractivity contribution in [2.75, 3.05) is 6.61 Å². The number of nitrogens with one attached hydrogen (secondary N) is 1. The van der Waals surface area contributed by atoms with E-state index in [-0.39, 0.29) is 31.0 Å². The van der Waals surface area contributed by atoms with Gasteiger partial charge in [-0.25, -0.2) is 4.98 Å². The highest BCUT2D eigenvalue weighted by molar-refractivity contribution is 5.04. The predicted molar refractivity (Wildman–Crippen MR) is 79.9 cm³/mol. The number of hydrogen-bond acceptors (Lipinski definition) is 3. The molecule has 2 heterocycles. The number of hydrogen-bond donors (Lipinski definition) is 1. The minimum atomic E-state index is -4.05. The number of ether oxygens (including phenoxy) is 1. The molecule has 0 unspecified atom stereocenters. The molecule has 1 N–H and O–H groups in total. The molecule has 23 heavy (non-hydrogen) atoms. The molecule has 0 aromatic carbocycles. The van der Waals surface area contributed by atoms with E-state index >= 15 is 0 Å². The average Bonchev–Trinajstić information content (AvgIpc) is 3.14. The van der Waals surface area contributed by atoms with Crippen molar-refractivity contribution in [3.8, 4) is 0 Å². The zero-order valence-electron chi connectivity index (χ0n) is 13.4. The molecular weight excluding hydrogens is 307 g/mol. The lowest BCUT2D eigenvalue weighted by Crippen LogP contribution is -2.43. The lowest BCUT2D eigenvalue weighted by atomic mass is 9.85. The molecule has 2 aliphatic rings. The van der Waals surface area contributed by atoms with Crippen molar-refractivity contribution in [2.24, 2.45) is 5.92 Å². The van der Waals surface area contributed by atoms with E-state index in [4.69, 9.17) is 4.74 Å². The monoisotopic (exact) mass is 331 g/mol. The highest BCUT2D eigenvalue weighted by Gasteiger charge is 2.42. The van der Waals surface area contributed by atoms with Crippen LogP contribution in [0.3, 0.4) is 0 Å². The molecule has 0 amide bonds. The lowest BCUT2D eigenvalue weighted by molar-refractivity contribution is -0.182. The fraction of sp³-hybridized carbons (Fsp3) is 0.812. The maximum absolute atomic E-state index is 12.8. The molecule has 2 atom stereocenters. The number of nitrogens with zero attached hydrogens (tertiary/aromatic N) is 2. The molecule has 1 aromatic heterocycles. The Morgan fingerprint density at radius 1 is 1.26 bits per heavy atom. The number of halogens is 3. The maximum Gasteiger partial charge on any atom is 0.391 e. The molecule has 0 bridgehead atoms. The standard InChI is InChI=1S/C16H24F3N3O/c1-2-22-9-8-20-15(22)14-13(7-10-23-14)21-12-5-3-11(4-6-12)16(17,18)19/h8-9,11-14,21H,2-7,10H2,1H3/t11?,12?,13-,14-/m0/s1. The van der Waals surface area contributed by atoms with Crippen molar-refractivity contribution in [3.05, 3.63) is 18.2 Å². The zero-order valence-corrected chi connectivity index (χ0v) is 13.4. The van der Waals surface area contributed by atoms with E-state index < -0.39 is 12.1 Å². The van der Waals surface area contributed by atoms with E-state index in [1.54, 1.807) is 6.20 Å². The van der Waals surface area contributed by atoms with Gasteiger partial charge in [0.2, 0.25) is 0 Å². The third-order valence-corrected chi connectivity index (χ3v) is 5.07. The van der Waals surface area contributed by atoms with E-state index in [1.165, 1.54) is 0 Å². The summed E-state index contributed by atoms with van der Waals surface area (Å²) < 4.78 is 46.2. The van der Waals surface area contributed by atoms with Gasteiger partial charge >= 0.3 is 6.18 Å². The summed E-state index contributed by atoms with van der Waals surface area (Å²) in [5.41, 5.74) is 0. The van der Waals surface area contributed by atoms with Crippen LogP contribution in [0.1, 0.15) is 51.0 Å². The summed E-state index contributed by atoms with van der Waals surface area (Å²) in [5.74, 6) is -0.221. The van der Waals surface area contributed by atoms with Crippen LogP contribution < -0.4 is 5.32 Å². The summed E-state index contributed by atoms with van der Waals surface area (Å²) in [6.07, 6.45) is 2.03. The second kappa shape index (κ2) is 6.81. The Kier molecular flexibility index (Phi) is 4.96. The second-order valence-electron chi connectivity index (χ2n) is 6.51. The number of aromatic nitrogens is 2. The van der Waals surface area contributed by atoms with Crippen molar-refractivity contribution < 1.29 is 17.9 Å². The molecule has 1 saturated heterocycles. The van der Waals surface area contributed by atoms with Crippen LogP contribution in [-0.2, 0) is 11.3 Å². The molecule has 7 heteroatoms. The first-order chi connectivity index (χ1) is 11.0. The first kappa shape index (κ1) is 16.8. The van der Waals surface area contributed by atoms with Crippen molar-refractivity contribution >= 4 is 0 Å². The first-order valence-electron chi connectivity index (χ1n) is 8.44. The SMILES string of the molecule is CCn1ccnc1[C@H]1OCC[C@@H]1NC1CCC(C(F)(F)F)CC1. The summed E-state index contributed by atoms with van der Waals surface area (Å²) in [7, 11) is 0. The Balaban J connectivity index is 1.58. The van der Waals surface area contributed by atoms with Gasteiger partial charge in [-0.15, -0.1) is 0 Å². The third-order valence-electron chi connectivity index (χ3n) is 5.07. The van der Waals surface area contributed by atoms with Crippen LogP contribution in [0.5, 0.6) is 0 Å². The zero-order chi connectivity index (χ0) is 16.4. The molecule has 3 rings (SSSR count). The van der Waals surface area contributed by atoms with Crippen LogP contribution in [0.4, 0.5) is 13.2 Å². The molecule has 0 radical (unpaired) electrons. The van der Waals surface area contributed by atoms with E-state index in [2.05, 4.69) is 21.8 Å². The van der Waals surface area contributed by atoms with Gasteiger partial charge in [0.05, 0.1) is 5.92 Å². The summed E-state index contributed by atoms with van der Waals surface area (Å²) >= 11 is 0. The molecule has 1 saturated carbocycles. The molecule has 1 aliphatic carbocycles. The van der Waals surface area contributed by atoms with Gasteiger partial charge in [0.1, 0.15) is 11.9 Å². The van der Waals surface area contributed by atoms with Gasteiger partial charge in [0, 0.05) is 37.6 Å². The van der Waals surface area contributed by atoms with Gasteiger partial charge in [-0.05, 0) is 39.0 Å². The largest absolute Gasteiger partial charge is 0.391 e. The van der Waals surface area contributed by atoms with Crippen LogP contribution in [-0.4, -0.2) is 34.4 Å². The van der Waals surface area contributed by atoms with Gasteiger partial charge in [-0.1, -0.05) is 0 Å². The number of aryl methyl sites for hydroxylation is 1. The minimum Gasteiger partial charge on any atom is -0.369 e. The average molecular weight is 331 g/mol. The molecule has 2 fully saturated rings. The molecule has 130 valence electrons. The normalized spacial score (nSPS) is 32.3. The van der Waals surface area contributed by atoms with Crippen molar-refractivity contribution in [1.29, 1.82) is 0 Å². The van der Waals surface area contributed by atoms with Crippen molar-refractivity contribution in [3.63, 3.8) is 0 Å². The predicted octanol–water partition coefficient (Wildman–Crippen LogP) is 3.44. The maximum atomic E-state index is 12.8. The fourth-order valence-electron chi connectivity index (χ4n) is 3.75. The fourth-order valence-corrected chi connectivity index (χ4v) is 3.75. The Labute approximate surface area is 134 Å². The van der Waals surface area contributed by atoms with E-state index in [0.29, 0.717) is 19.4 Å². The number of alkyl halides is 3. The van der Waals surface area contributed by atoms with Gasteiger partial charge in [0.25, 0.3) is 0 Å². The van der Waals surface area contributed by atoms with Crippen LogP contribution in [0, 0.1) is 5.92 Å². The lowest BCUT2D eigenvalue weighted by Gasteiger charge is -2.33.